The van der Waals surface area contributed by atoms with E-state index in [9.17, 15) is 4.79 Å². The van der Waals surface area contributed by atoms with Gasteiger partial charge in [-0.1, -0.05) is 34.1 Å². The van der Waals surface area contributed by atoms with Gasteiger partial charge in [-0.15, -0.1) is 0 Å². The highest BCUT2D eigenvalue weighted by Crippen LogP contribution is 2.33. The van der Waals surface area contributed by atoms with Crippen LogP contribution < -0.4 is 14.9 Å². The number of benzene rings is 2. The maximum absolute atomic E-state index is 12.0. The fourth-order valence-electron chi connectivity index (χ4n) is 2.38. The molecule has 0 aliphatic carbocycles. The van der Waals surface area contributed by atoms with Crippen LogP contribution in [-0.4, -0.2) is 24.2 Å². The minimum Gasteiger partial charge on any atom is -0.493 e. The molecule has 1 aromatic heterocycles. The van der Waals surface area contributed by atoms with E-state index in [0.29, 0.717) is 18.1 Å². The normalized spacial score (nSPS) is 10.7. The van der Waals surface area contributed by atoms with Gasteiger partial charge in [-0.25, -0.2) is 5.43 Å². The third-order valence-corrected chi connectivity index (χ3v) is 5.07. The second-order valence-electron chi connectivity index (χ2n) is 5.85. The molecule has 0 fully saturated rings. The first-order valence-corrected chi connectivity index (χ1v) is 10.1. The standard InChI is InChI=1S/C21H17Br2N3O3/c1-28-19-10-15(12-25-26-21(27)18-4-2-3-9-24-18)17(23)11-20(19)29-13-14-5-7-16(22)8-6-14/h2-12H,13H2,1H3,(H,26,27)/b25-12-. The van der Waals surface area contributed by atoms with Gasteiger partial charge in [0.15, 0.2) is 11.5 Å². The van der Waals surface area contributed by atoms with Crippen LogP contribution in [0.5, 0.6) is 11.5 Å². The molecule has 3 rings (SSSR count). The molecule has 0 unspecified atom stereocenters. The maximum atomic E-state index is 12.0. The minimum absolute atomic E-state index is 0.290. The number of hydrazone groups is 1. The Morgan fingerprint density at radius 3 is 2.62 bits per heavy atom. The molecule has 0 saturated heterocycles. The summed E-state index contributed by atoms with van der Waals surface area (Å²) in [4.78, 5) is 16.0. The van der Waals surface area contributed by atoms with E-state index >= 15 is 0 Å². The van der Waals surface area contributed by atoms with E-state index in [4.69, 9.17) is 9.47 Å². The number of ether oxygens (including phenoxy) is 2. The van der Waals surface area contributed by atoms with Gasteiger partial charge < -0.3 is 9.47 Å². The summed E-state index contributed by atoms with van der Waals surface area (Å²) in [5.41, 5.74) is 4.50. The highest BCUT2D eigenvalue weighted by atomic mass is 79.9. The molecule has 0 saturated carbocycles. The first-order chi connectivity index (χ1) is 14.1. The fourth-order valence-corrected chi connectivity index (χ4v) is 3.07. The molecular weight excluding hydrogens is 502 g/mol. The molecule has 0 spiro atoms. The molecule has 1 N–H and O–H groups in total. The van der Waals surface area contributed by atoms with Crippen LogP contribution >= 0.6 is 31.9 Å². The van der Waals surface area contributed by atoms with E-state index < -0.39 is 0 Å². The van der Waals surface area contributed by atoms with Crippen molar-refractivity contribution >= 4 is 44.0 Å². The summed E-state index contributed by atoms with van der Waals surface area (Å²) < 4.78 is 13.1. The van der Waals surface area contributed by atoms with Gasteiger partial charge in [0.05, 0.1) is 13.3 Å². The van der Waals surface area contributed by atoms with Crippen LogP contribution in [-0.2, 0) is 6.61 Å². The third-order valence-electron chi connectivity index (χ3n) is 3.86. The Kier molecular flexibility index (Phi) is 7.37. The van der Waals surface area contributed by atoms with Gasteiger partial charge in [-0.2, -0.15) is 5.10 Å². The number of methoxy groups -OCH3 is 1. The number of carbonyl (C=O) groups excluding carboxylic acids is 1. The predicted octanol–water partition coefficient (Wildman–Crippen LogP) is 4.96. The molecular formula is C21H17Br2N3O3. The molecule has 0 bridgehead atoms. The summed E-state index contributed by atoms with van der Waals surface area (Å²) in [6, 6.07) is 16.6. The summed E-state index contributed by atoms with van der Waals surface area (Å²) >= 11 is 6.92. The lowest BCUT2D eigenvalue weighted by Crippen LogP contribution is -2.18. The Bertz CT molecular complexity index is 1010. The van der Waals surface area contributed by atoms with E-state index in [-0.39, 0.29) is 11.6 Å². The Balaban J connectivity index is 1.68. The van der Waals surface area contributed by atoms with Crippen LogP contribution in [0, 0.1) is 0 Å². The van der Waals surface area contributed by atoms with E-state index in [2.05, 4.69) is 47.4 Å². The molecule has 3 aromatic rings. The summed E-state index contributed by atoms with van der Waals surface area (Å²) in [6.45, 7) is 0.406. The molecule has 0 atom stereocenters. The maximum Gasteiger partial charge on any atom is 0.289 e. The molecule has 29 heavy (non-hydrogen) atoms. The van der Waals surface area contributed by atoms with Crippen molar-refractivity contribution in [2.24, 2.45) is 5.10 Å². The third kappa shape index (κ3) is 5.88. The van der Waals surface area contributed by atoms with E-state index in [1.165, 1.54) is 6.21 Å². The van der Waals surface area contributed by atoms with E-state index in [1.807, 2.05) is 24.3 Å². The van der Waals surface area contributed by atoms with Gasteiger partial charge in [0.2, 0.25) is 0 Å². The number of nitrogens with zero attached hydrogens (tertiary/aromatic N) is 2. The lowest BCUT2D eigenvalue weighted by molar-refractivity contribution is 0.0950. The highest BCUT2D eigenvalue weighted by molar-refractivity contribution is 9.10. The zero-order valence-electron chi connectivity index (χ0n) is 15.4. The van der Waals surface area contributed by atoms with Crippen molar-refractivity contribution in [1.29, 1.82) is 0 Å². The Morgan fingerprint density at radius 2 is 1.93 bits per heavy atom. The molecule has 148 valence electrons. The van der Waals surface area contributed by atoms with Crippen molar-refractivity contribution in [2.45, 2.75) is 6.61 Å². The number of hydrogen-bond acceptors (Lipinski definition) is 5. The quantitative estimate of drug-likeness (QED) is 0.354. The van der Waals surface area contributed by atoms with Crippen molar-refractivity contribution in [3.63, 3.8) is 0 Å². The number of pyridine rings is 1. The van der Waals surface area contributed by atoms with Crippen LogP contribution in [0.4, 0.5) is 0 Å². The molecule has 0 aliphatic heterocycles. The molecule has 1 heterocycles. The zero-order chi connectivity index (χ0) is 20.6. The largest absolute Gasteiger partial charge is 0.493 e. The van der Waals surface area contributed by atoms with E-state index in [0.717, 1.165) is 20.1 Å². The van der Waals surface area contributed by atoms with Crippen LogP contribution in [0.3, 0.4) is 0 Å². The van der Waals surface area contributed by atoms with Gasteiger partial charge in [-0.3, -0.25) is 9.78 Å². The molecule has 6 nitrogen and oxygen atoms in total. The summed E-state index contributed by atoms with van der Waals surface area (Å²) in [6.07, 6.45) is 3.07. The fraction of sp³-hybridized carbons (Fsp3) is 0.0952. The predicted molar refractivity (Wildman–Crippen MR) is 118 cm³/mol. The minimum atomic E-state index is -0.389. The molecule has 0 radical (unpaired) electrons. The molecule has 0 aliphatic rings. The summed E-state index contributed by atoms with van der Waals surface area (Å²) in [7, 11) is 1.57. The number of carbonyl (C=O) groups is 1. The Labute approximate surface area is 185 Å². The van der Waals surface area contributed by atoms with Crippen molar-refractivity contribution < 1.29 is 14.3 Å². The first kappa shape index (κ1) is 21.0. The highest BCUT2D eigenvalue weighted by Gasteiger charge is 2.10. The first-order valence-electron chi connectivity index (χ1n) is 8.56. The number of rotatable bonds is 7. The SMILES string of the molecule is COc1cc(/C=N\NC(=O)c2ccccn2)c(Br)cc1OCc1ccc(Br)cc1. The number of aromatic nitrogens is 1. The van der Waals surface area contributed by atoms with Crippen LogP contribution in [0.1, 0.15) is 21.6 Å². The summed E-state index contributed by atoms with van der Waals surface area (Å²) in [5.74, 6) is 0.763. The van der Waals surface area contributed by atoms with Crippen molar-refractivity contribution in [2.75, 3.05) is 7.11 Å². The second-order valence-corrected chi connectivity index (χ2v) is 7.62. The van der Waals surface area contributed by atoms with Crippen molar-refractivity contribution in [1.82, 2.24) is 10.4 Å². The van der Waals surface area contributed by atoms with E-state index in [1.54, 1.807) is 43.6 Å². The zero-order valence-corrected chi connectivity index (χ0v) is 18.6. The number of hydrogen-bond donors (Lipinski definition) is 1. The Morgan fingerprint density at radius 1 is 1.14 bits per heavy atom. The van der Waals surface area contributed by atoms with Crippen molar-refractivity contribution in [3.05, 3.63) is 86.6 Å². The second kappa shape index (κ2) is 10.2. The Hall–Kier alpha value is -2.71. The van der Waals surface area contributed by atoms with Gasteiger partial charge in [0, 0.05) is 20.7 Å². The molecule has 1 amide bonds. The number of nitrogens with one attached hydrogen (secondary N) is 1. The topological polar surface area (TPSA) is 72.8 Å². The van der Waals surface area contributed by atoms with Crippen LogP contribution in [0.2, 0.25) is 0 Å². The number of halogens is 2. The molecule has 2 aromatic carbocycles. The average Bonchev–Trinajstić information content (AvgIpc) is 2.75. The smallest absolute Gasteiger partial charge is 0.289 e. The van der Waals surface area contributed by atoms with Gasteiger partial charge in [0.1, 0.15) is 12.3 Å². The molecule has 8 heteroatoms. The lowest BCUT2D eigenvalue weighted by Gasteiger charge is -2.13. The van der Waals surface area contributed by atoms with Gasteiger partial charge >= 0.3 is 0 Å². The number of amides is 1. The van der Waals surface area contributed by atoms with Gasteiger partial charge in [0.25, 0.3) is 5.91 Å². The summed E-state index contributed by atoms with van der Waals surface area (Å²) in [5, 5.41) is 3.99. The van der Waals surface area contributed by atoms with Gasteiger partial charge in [-0.05, 0) is 57.9 Å². The van der Waals surface area contributed by atoms with Crippen molar-refractivity contribution in [3.8, 4) is 11.5 Å². The van der Waals surface area contributed by atoms with Crippen LogP contribution in [0.25, 0.3) is 0 Å². The average molecular weight is 519 g/mol. The van der Waals surface area contributed by atoms with Crippen LogP contribution in [0.15, 0.2) is 74.8 Å². The lowest BCUT2D eigenvalue weighted by atomic mass is 10.2. The monoisotopic (exact) mass is 517 g/mol.